The van der Waals surface area contributed by atoms with Crippen LogP contribution in [0.3, 0.4) is 0 Å². The van der Waals surface area contributed by atoms with E-state index in [-0.39, 0.29) is 11.6 Å². The fraction of sp³-hybridized carbons (Fsp3) is 0.538. The first-order valence-corrected chi connectivity index (χ1v) is 5.40. The average Bonchev–Trinajstić information content (AvgIpc) is 2.17. The molecule has 0 saturated heterocycles. The molecule has 0 heterocycles. The van der Waals surface area contributed by atoms with Crippen molar-refractivity contribution in [3.05, 3.63) is 35.4 Å². The molecule has 0 saturated carbocycles. The Labute approximate surface area is 92.3 Å². The Morgan fingerprint density at radius 1 is 1.27 bits per heavy atom. The van der Waals surface area contributed by atoms with Crippen molar-refractivity contribution in [1.82, 2.24) is 5.32 Å². The smallest absolute Gasteiger partial charge is 0.0688 e. The van der Waals surface area contributed by atoms with Crippen LogP contribution in [0, 0.1) is 6.92 Å². The zero-order chi connectivity index (χ0) is 11.5. The Balaban J connectivity index is 2.54. The van der Waals surface area contributed by atoms with Gasteiger partial charge in [-0.1, -0.05) is 29.8 Å². The summed E-state index contributed by atoms with van der Waals surface area (Å²) in [5, 5.41) is 12.9. The second kappa shape index (κ2) is 4.77. The molecule has 0 radical (unpaired) electrons. The summed E-state index contributed by atoms with van der Waals surface area (Å²) in [4.78, 5) is 0. The maximum absolute atomic E-state index is 9.54. The van der Waals surface area contributed by atoms with Crippen molar-refractivity contribution in [3.8, 4) is 0 Å². The van der Waals surface area contributed by atoms with E-state index >= 15 is 0 Å². The molecule has 0 spiro atoms. The minimum atomic E-state index is -0.358. The van der Waals surface area contributed by atoms with Crippen LogP contribution < -0.4 is 5.32 Å². The Bertz CT molecular complexity index is 301. The summed E-state index contributed by atoms with van der Waals surface area (Å²) >= 11 is 0. The van der Waals surface area contributed by atoms with Crippen molar-refractivity contribution in [1.29, 1.82) is 0 Å². The third-order valence-electron chi connectivity index (χ3n) is 2.91. The van der Waals surface area contributed by atoms with Crippen LogP contribution in [0.2, 0.25) is 0 Å². The van der Waals surface area contributed by atoms with Gasteiger partial charge in [-0.05, 0) is 33.3 Å². The normalized spacial score (nSPS) is 13.9. The van der Waals surface area contributed by atoms with Crippen LogP contribution >= 0.6 is 0 Å². The van der Waals surface area contributed by atoms with Gasteiger partial charge in [-0.2, -0.15) is 0 Å². The maximum atomic E-state index is 9.54. The van der Waals surface area contributed by atoms with Gasteiger partial charge in [-0.3, -0.25) is 0 Å². The number of aryl methyl sites for hydroxylation is 1. The lowest BCUT2D eigenvalue weighted by atomic mass is 9.98. The van der Waals surface area contributed by atoms with Gasteiger partial charge in [0.1, 0.15) is 0 Å². The zero-order valence-corrected chi connectivity index (χ0v) is 10.0. The molecular weight excluding hydrogens is 186 g/mol. The van der Waals surface area contributed by atoms with Crippen LogP contribution in [0.25, 0.3) is 0 Å². The third-order valence-corrected chi connectivity index (χ3v) is 2.91. The zero-order valence-electron chi connectivity index (χ0n) is 10.0. The lowest BCUT2D eigenvalue weighted by Crippen LogP contribution is -2.47. The fourth-order valence-corrected chi connectivity index (χ4v) is 1.18. The maximum Gasteiger partial charge on any atom is 0.0688 e. The van der Waals surface area contributed by atoms with E-state index in [9.17, 15) is 5.11 Å². The standard InChI is InChI=1S/C13H21NO/c1-10-5-7-12(8-6-10)9-14-13(3,4)11(2)15/h5-8,11,14-15H,9H2,1-4H3. The van der Waals surface area contributed by atoms with E-state index in [1.165, 1.54) is 11.1 Å². The predicted octanol–water partition coefficient (Wildman–Crippen LogP) is 2.24. The monoisotopic (exact) mass is 207 g/mol. The van der Waals surface area contributed by atoms with Crippen LogP contribution in [0.5, 0.6) is 0 Å². The van der Waals surface area contributed by atoms with Crippen LogP contribution in [0.15, 0.2) is 24.3 Å². The van der Waals surface area contributed by atoms with Crippen LogP contribution in [-0.2, 0) is 6.54 Å². The highest BCUT2D eigenvalue weighted by molar-refractivity contribution is 5.21. The molecule has 0 amide bonds. The minimum absolute atomic E-state index is 0.245. The number of nitrogens with one attached hydrogen (secondary N) is 1. The van der Waals surface area contributed by atoms with Crippen molar-refractivity contribution in [3.63, 3.8) is 0 Å². The Hall–Kier alpha value is -0.860. The molecule has 1 aromatic rings. The summed E-state index contributed by atoms with van der Waals surface area (Å²) in [7, 11) is 0. The van der Waals surface area contributed by atoms with Gasteiger partial charge in [-0.25, -0.2) is 0 Å². The van der Waals surface area contributed by atoms with Gasteiger partial charge < -0.3 is 10.4 Å². The quantitative estimate of drug-likeness (QED) is 0.793. The number of benzene rings is 1. The summed E-state index contributed by atoms with van der Waals surface area (Å²) in [5.41, 5.74) is 2.27. The van der Waals surface area contributed by atoms with Gasteiger partial charge in [-0.15, -0.1) is 0 Å². The molecule has 0 aromatic heterocycles. The molecule has 1 rings (SSSR count). The second-order valence-electron chi connectivity index (χ2n) is 4.74. The number of aliphatic hydroxyl groups excluding tert-OH is 1. The second-order valence-corrected chi connectivity index (χ2v) is 4.74. The van der Waals surface area contributed by atoms with Gasteiger partial charge in [0.05, 0.1) is 6.10 Å². The summed E-state index contributed by atoms with van der Waals surface area (Å²) in [6.07, 6.45) is -0.358. The first-order chi connectivity index (χ1) is 6.92. The van der Waals surface area contributed by atoms with Crippen molar-refractivity contribution < 1.29 is 5.11 Å². The van der Waals surface area contributed by atoms with E-state index in [2.05, 4.69) is 36.5 Å². The average molecular weight is 207 g/mol. The molecular formula is C13H21NO. The SMILES string of the molecule is Cc1ccc(CNC(C)(C)C(C)O)cc1. The largest absolute Gasteiger partial charge is 0.392 e. The molecule has 2 N–H and O–H groups in total. The molecule has 0 aliphatic carbocycles. The molecule has 0 aliphatic heterocycles. The molecule has 15 heavy (non-hydrogen) atoms. The first-order valence-electron chi connectivity index (χ1n) is 5.40. The molecule has 0 aliphatic rings. The number of aliphatic hydroxyl groups is 1. The molecule has 1 unspecified atom stereocenters. The van der Waals surface area contributed by atoms with Gasteiger partial charge in [0.2, 0.25) is 0 Å². The van der Waals surface area contributed by atoms with Crippen molar-refractivity contribution in [2.75, 3.05) is 0 Å². The Morgan fingerprint density at radius 3 is 2.27 bits per heavy atom. The lowest BCUT2D eigenvalue weighted by molar-refractivity contribution is 0.0956. The van der Waals surface area contributed by atoms with Gasteiger partial charge >= 0.3 is 0 Å². The van der Waals surface area contributed by atoms with Crippen molar-refractivity contribution in [2.24, 2.45) is 0 Å². The highest BCUT2D eigenvalue weighted by atomic mass is 16.3. The summed E-state index contributed by atoms with van der Waals surface area (Å²) in [5.74, 6) is 0. The van der Waals surface area contributed by atoms with E-state index in [0.29, 0.717) is 0 Å². The van der Waals surface area contributed by atoms with Gasteiger partial charge in [0.25, 0.3) is 0 Å². The van der Waals surface area contributed by atoms with Crippen LogP contribution in [-0.4, -0.2) is 16.7 Å². The third kappa shape index (κ3) is 3.65. The molecule has 2 heteroatoms. The summed E-state index contributed by atoms with van der Waals surface area (Å²) < 4.78 is 0. The predicted molar refractivity (Wildman–Crippen MR) is 63.8 cm³/mol. The summed E-state index contributed by atoms with van der Waals surface area (Å²) in [6, 6.07) is 8.43. The highest BCUT2D eigenvalue weighted by Gasteiger charge is 2.22. The van der Waals surface area contributed by atoms with Crippen molar-refractivity contribution in [2.45, 2.75) is 45.9 Å². The Kier molecular flexibility index (Phi) is 3.89. The van der Waals surface area contributed by atoms with Crippen LogP contribution in [0.4, 0.5) is 0 Å². The number of rotatable bonds is 4. The minimum Gasteiger partial charge on any atom is -0.392 e. The summed E-state index contributed by atoms with van der Waals surface area (Å²) in [6.45, 7) is 8.69. The van der Waals surface area contributed by atoms with Gasteiger partial charge in [0, 0.05) is 12.1 Å². The molecule has 84 valence electrons. The molecule has 0 fully saturated rings. The molecule has 1 atom stereocenters. The van der Waals surface area contributed by atoms with E-state index in [1.807, 2.05) is 20.8 Å². The van der Waals surface area contributed by atoms with E-state index in [4.69, 9.17) is 0 Å². The highest BCUT2D eigenvalue weighted by Crippen LogP contribution is 2.10. The topological polar surface area (TPSA) is 32.3 Å². The first kappa shape index (κ1) is 12.2. The van der Waals surface area contributed by atoms with Gasteiger partial charge in [0.15, 0.2) is 0 Å². The van der Waals surface area contributed by atoms with E-state index in [1.54, 1.807) is 0 Å². The lowest BCUT2D eigenvalue weighted by Gasteiger charge is -2.29. The Morgan fingerprint density at radius 2 is 1.80 bits per heavy atom. The van der Waals surface area contributed by atoms with E-state index in [0.717, 1.165) is 6.54 Å². The van der Waals surface area contributed by atoms with E-state index < -0.39 is 0 Å². The molecule has 0 bridgehead atoms. The van der Waals surface area contributed by atoms with Crippen molar-refractivity contribution >= 4 is 0 Å². The van der Waals surface area contributed by atoms with Crippen LogP contribution in [0.1, 0.15) is 31.9 Å². The number of hydrogen-bond acceptors (Lipinski definition) is 2. The molecule has 2 nitrogen and oxygen atoms in total. The fourth-order valence-electron chi connectivity index (χ4n) is 1.18. The molecule has 1 aromatic carbocycles. The number of hydrogen-bond donors (Lipinski definition) is 2.